The Balaban J connectivity index is 1.68. The van der Waals surface area contributed by atoms with Crippen LogP contribution in [0.1, 0.15) is 24.1 Å². The summed E-state index contributed by atoms with van der Waals surface area (Å²) in [5, 5.41) is 4.16. The Bertz CT molecular complexity index is 792. The van der Waals surface area contributed by atoms with Crippen molar-refractivity contribution in [2.24, 2.45) is 0 Å². The lowest BCUT2D eigenvalue weighted by atomic mass is 10.1. The molecule has 1 amide bonds. The van der Waals surface area contributed by atoms with Crippen LogP contribution >= 0.6 is 15.9 Å². The number of nitrogens with one attached hydrogen (secondary N) is 2. The van der Waals surface area contributed by atoms with Gasteiger partial charge in [-0.25, -0.2) is 0 Å². The molecule has 0 aliphatic rings. The molecule has 2 aromatic carbocycles. The van der Waals surface area contributed by atoms with E-state index in [9.17, 15) is 4.79 Å². The van der Waals surface area contributed by atoms with Gasteiger partial charge in [0.2, 0.25) is 5.91 Å². The number of benzene rings is 2. The number of hydrogen-bond acceptors (Lipinski definition) is 1. The molecule has 4 heteroatoms. The Hall–Kier alpha value is -2.07. The van der Waals surface area contributed by atoms with Crippen LogP contribution in [0.2, 0.25) is 0 Å². The van der Waals surface area contributed by atoms with Crippen LogP contribution in [0.15, 0.2) is 59.2 Å². The van der Waals surface area contributed by atoms with Crippen LogP contribution < -0.4 is 5.32 Å². The molecule has 0 radical (unpaired) electrons. The lowest BCUT2D eigenvalue weighted by molar-refractivity contribution is -0.121. The summed E-state index contributed by atoms with van der Waals surface area (Å²) in [6.07, 6.45) is 2.29. The molecular weight excluding hydrogens is 340 g/mol. The van der Waals surface area contributed by atoms with Gasteiger partial charge in [0.15, 0.2) is 0 Å². The predicted molar refractivity (Wildman–Crippen MR) is 92.7 cm³/mol. The monoisotopic (exact) mass is 356 g/mol. The van der Waals surface area contributed by atoms with Gasteiger partial charge in [-0.3, -0.25) is 4.79 Å². The molecule has 0 unspecified atom stereocenters. The van der Waals surface area contributed by atoms with Gasteiger partial charge in [0.1, 0.15) is 0 Å². The summed E-state index contributed by atoms with van der Waals surface area (Å²) in [5.74, 6) is 0.0279. The molecule has 0 saturated carbocycles. The first-order valence-corrected chi connectivity index (χ1v) is 8.02. The molecule has 1 atom stereocenters. The van der Waals surface area contributed by atoms with Crippen LogP contribution in [0.4, 0.5) is 0 Å². The van der Waals surface area contributed by atoms with Gasteiger partial charge >= 0.3 is 0 Å². The van der Waals surface area contributed by atoms with Crippen molar-refractivity contribution in [1.29, 1.82) is 0 Å². The maximum Gasteiger partial charge on any atom is 0.224 e. The fourth-order valence-corrected chi connectivity index (χ4v) is 2.84. The van der Waals surface area contributed by atoms with Gasteiger partial charge in [0, 0.05) is 21.6 Å². The average molecular weight is 357 g/mol. The fraction of sp³-hybridized carbons (Fsp3) is 0.167. The average Bonchev–Trinajstić information content (AvgIpc) is 2.91. The highest BCUT2D eigenvalue weighted by Gasteiger charge is 2.12. The summed E-state index contributed by atoms with van der Waals surface area (Å²) in [5.41, 5.74) is 3.18. The normalized spacial score (nSPS) is 12.3. The van der Waals surface area contributed by atoms with E-state index >= 15 is 0 Å². The lowest BCUT2D eigenvalue weighted by Crippen LogP contribution is -2.28. The summed E-state index contributed by atoms with van der Waals surface area (Å²) in [7, 11) is 0. The molecule has 0 spiro atoms. The van der Waals surface area contributed by atoms with Gasteiger partial charge in [-0.05, 0) is 36.2 Å². The standard InChI is InChI=1S/C18H17BrN2O/c1-12(13-6-8-15(19)9-7-13)21-18(22)10-14-11-20-17-5-3-2-4-16(14)17/h2-9,11-12,20H,10H2,1H3,(H,21,22)/t12-/m1/s1. The molecule has 0 saturated heterocycles. The number of aromatic nitrogens is 1. The van der Waals surface area contributed by atoms with E-state index in [2.05, 4.69) is 26.2 Å². The minimum absolute atomic E-state index is 0.00851. The van der Waals surface area contributed by atoms with E-state index in [0.29, 0.717) is 6.42 Å². The van der Waals surface area contributed by atoms with Gasteiger partial charge in [0.25, 0.3) is 0 Å². The summed E-state index contributed by atoms with van der Waals surface area (Å²) >= 11 is 3.42. The number of carbonyl (C=O) groups is 1. The van der Waals surface area contributed by atoms with Crippen LogP contribution in [0, 0.1) is 0 Å². The number of para-hydroxylation sites is 1. The molecule has 112 valence electrons. The Labute approximate surface area is 137 Å². The van der Waals surface area contributed by atoms with E-state index in [0.717, 1.165) is 26.5 Å². The number of aromatic amines is 1. The second-order valence-electron chi connectivity index (χ2n) is 5.38. The number of fused-ring (bicyclic) bond motifs is 1. The van der Waals surface area contributed by atoms with E-state index < -0.39 is 0 Å². The number of halogens is 1. The Kier molecular flexibility index (Phi) is 4.29. The van der Waals surface area contributed by atoms with Gasteiger partial charge in [0.05, 0.1) is 12.5 Å². The lowest BCUT2D eigenvalue weighted by Gasteiger charge is -2.14. The number of rotatable bonds is 4. The van der Waals surface area contributed by atoms with Crippen molar-refractivity contribution < 1.29 is 4.79 Å². The first-order chi connectivity index (χ1) is 10.6. The van der Waals surface area contributed by atoms with Crippen LogP contribution in [0.3, 0.4) is 0 Å². The van der Waals surface area contributed by atoms with E-state index in [-0.39, 0.29) is 11.9 Å². The number of H-pyrrole nitrogens is 1. The van der Waals surface area contributed by atoms with Crippen molar-refractivity contribution in [3.8, 4) is 0 Å². The molecule has 0 aliphatic heterocycles. The first-order valence-electron chi connectivity index (χ1n) is 7.23. The molecule has 0 aliphatic carbocycles. The smallest absolute Gasteiger partial charge is 0.224 e. The number of hydrogen-bond donors (Lipinski definition) is 2. The van der Waals surface area contributed by atoms with Crippen molar-refractivity contribution in [2.45, 2.75) is 19.4 Å². The van der Waals surface area contributed by atoms with Crippen LogP contribution in [-0.2, 0) is 11.2 Å². The highest BCUT2D eigenvalue weighted by molar-refractivity contribution is 9.10. The SMILES string of the molecule is C[C@@H](NC(=O)Cc1c[nH]c2ccccc12)c1ccc(Br)cc1. The molecular formula is C18H17BrN2O. The predicted octanol–water partition coefficient (Wildman–Crippen LogP) is 4.35. The Morgan fingerprint density at radius 1 is 1.18 bits per heavy atom. The topological polar surface area (TPSA) is 44.9 Å². The van der Waals surface area contributed by atoms with E-state index in [1.54, 1.807) is 0 Å². The highest BCUT2D eigenvalue weighted by atomic mass is 79.9. The third-order valence-corrected chi connectivity index (χ3v) is 4.30. The van der Waals surface area contributed by atoms with Crippen molar-refractivity contribution in [2.75, 3.05) is 0 Å². The van der Waals surface area contributed by atoms with Crippen molar-refractivity contribution >= 4 is 32.7 Å². The minimum Gasteiger partial charge on any atom is -0.361 e. The van der Waals surface area contributed by atoms with E-state index in [1.807, 2.05) is 61.7 Å². The number of amides is 1. The molecule has 1 aromatic heterocycles. The third-order valence-electron chi connectivity index (χ3n) is 3.77. The zero-order chi connectivity index (χ0) is 15.5. The molecule has 1 heterocycles. The first kappa shape index (κ1) is 14.9. The van der Waals surface area contributed by atoms with Crippen LogP contribution in [-0.4, -0.2) is 10.9 Å². The zero-order valence-electron chi connectivity index (χ0n) is 12.3. The highest BCUT2D eigenvalue weighted by Crippen LogP contribution is 2.19. The molecule has 3 nitrogen and oxygen atoms in total. The van der Waals surface area contributed by atoms with Gasteiger partial charge < -0.3 is 10.3 Å². The summed E-state index contributed by atoms with van der Waals surface area (Å²) < 4.78 is 1.04. The van der Waals surface area contributed by atoms with E-state index in [1.165, 1.54) is 0 Å². The van der Waals surface area contributed by atoms with Crippen molar-refractivity contribution in [3.63, 3.8) is 0 Å². The maximum atomic E-state index is 12.3. The van der Waals surface area contributed by atoms with Crippen LogP contribution in [0.25, 0.3) is 10.9 Å². The third kappa shape index (κ3) is 3.22. The molecule has 22 heavy (non-hydrogen) atoms. The van der Waals surface area contributed by atoms with E-state index in [4.69, 9.17) is 0 Å². The Morgan fingerprint density at radius 2 is 1.91 bits per heavy atom. The zero-order valence-corrected chi connectivity index (χ0v) is 13.9. The molecule has 3 aromatic rings. The maximum absolute atomic E-state index is 12.3. The van der Waals surface area contributed by atoms with Crippen molar-refractivity contribution in [1.82, 2.24) is 10.3 Å². The summed E-state index contributed by atoms with van der Waals surface area (Å²) in [6, 6.07) is 16.0. The minimum atomic E-state index is -0.00851. The summed E-state index contributed by atoms with van der Waals surface area (Å²) in [4.78, 5) is 15.5. The largest absolute Gasteiger partial charge is 0.361 e. The second-order valence-corrected chi connectivity index (χ2v) is 6.29. The number of carbonyl (C=O) groups excluding carboxylic acids is 1. The fourth-order valence-electron chi connectivity index (χ4n) is 2.58. The van der Waals surface area contributed by atoms with Gasteiger partial charge in [-0.1, -0.05) is 46.3 Å². The quantitative estimate of drug-likeness (QED) is 0.716. The van der Waals surface area contributed by atoms with Gasteiger partial charge in [-0.15, -0.1) is 0 Å². The van der Waals surface area contributed by atoms with Crippen LogP contribution in [0.5, 0.6) is 0 Å². The van der Waals surface area contributed by atoms with Crippen molar-refractivity contribution in [3.05, 3.63) is 70.3 Å². The molecule has 2 N–H and O–H groups in total. The summed E-state index contributed by atoms with van der Waals surface area (Å²) in [6.45, 7) is 2.00. The molecule has 0 bridgehead atoms. The second kappa shape index (κ2) is 6.36. The van der Waals surface area contributed by atoms with Gasteiger partial charge in [-0.2, -0.15) is 0 Å². The Morgan fingerprint density at radius 3 is 2.68 bits per heavy atom. The molecule has 3 rings (SSSR count). The molecule has 0 fully saturated rings.